The van der Waals surface area contributed by atoms with Crippen LogP contribution in [0.2, 0.25) is 0 Å². The van der Waals surface area contributed by atoms with Crippen molar-refractivity contribution in [3.05, 3.63) is 41.3 Å². The van der Waals surface area contributed by atoms with Crippen LogP contribution < -0.4 is 14.8 Å². The molecule has 1 atom stereocenters. The molecule has 0 aliphatic rings. The van der Waals surface area contributed by atoms with Gasteiger partial charge < -0.3 is 19.9 Å². The molecule has 2 N–H and O–H groups in total. The van der Waals surface area contributed by atoms with Crippen molar-refractivity contribution in [2.45, 2.75) is 19.6 Å². The minimum absolute atomic E-state index is 0.0829. The number of aliphatic hydroxyl groups excluding tert-OH is 1. The number of nitrogens with zero attached hydrogens (tertiary/aromatic N) is 2. The summed E-state index contributed by atoms with van der Waals surface area (Å²) in [7, 11) is 3.42. The third-order valence-electron chi connectivity index (χ3n) is 3.40. The summed E-state index contributed by atoms with van der Waals surface area (Å²) in [6.07, 6.45) is -0.707. The van der Waals surface area contributed by atoms with Gasteiger partial charge >= 0.3 is 0 Å². The van der Waals surface area contributed by atoms with E-state index in [1.54, 1.807) is 23.9 Å². The molecule has 7 heteroatoms. The Kier molecular flexibility index (Phi) is 5.95. The molecule has 0 saturated heterocycles. The Morgan fingerprint density at radius 1 is 1.43 bits per heavy atom. The zero-order valence-electron chi connectivity index (χ0n) is 13.5. The molecular weight excluding hydrogens is 301 g/mol. The first kappa shape index (κ1) is 17.2. The first-order valence-corrected chi connectivity index (χ1v) is 7.35. The fourth-order valence-corrected chi connectivity index (χ4v) is 2.31. The summed E-state index contributed by atoms with van der Waals surface area (Å²) >= 11 is 0. The number of rotatable bonds is 8. The van der Waals surface area contributed by atoms with Crippen LogP contribution in [0.3, 0.4) is 0 Å². The number of aliphatic hydroxyl groups is 1. The number of ether oxygens (including phenoxy) is 2. The molecule has 1 unspecified atom stereocenters. The molecule has 1 aromatic carbocycles. The van der Waals surface area contributed by atoms with Gasteiger partial charge in [0.05, 0.1) is 18.4 Å². The van der Waals surface area contributed by atoms with Crippen molar-refractivity contribution in [2.75, 3.05) is 20.3 Å². The van der Waals surface area contributed by atoms with Gasteiger partial charge in [-0.15, -0.1) is 0 Å². The lowest BCUT2D eigenvalue weighted by Crippen LogP contribution is -2.31. The molecule has 0 aliphatic carbocycles. The molecule has 0 fully saturated rings. The van der Waals surface area contributed by atoms with Gasteiger partial charge in [0.2, 0.25) is 5.88 Å². The highest BCUT2D eigenvalue weighted by Gasteiger charge is 2.14. The third-order valence-corrected chi connectivity index (χ3v) is 3.40. The number of hydrogen-bond donors (Lipinski definition) is 2. The molecular formula is C16H22FN3O3. The summed E-state index contributed by atoms with van der Waals surface area (Å²) in [5.41, 5.74) is 1.83. The van der Waals surface area contributed by atoms with E-state index in [2.05, 4.69) is 10.4 Å². The van der Waals surface area contributed by atoms with Gasteiger partial charge in [0.15, 0.2) is 0 Å². The smallest absolute Gasteiger partial charge is 0.216 e. The first-order valence-electron chi connectivity index (χ1n) is 7.35. The Morgan fingerprint density at radius 3 is 2.91 bits per heavy atom. The predicted molar refractivity (Wildman–Crippen MR) is 84.1 cm³/mol. The third kappa shape index (κ3) is 4.67. The van der Waals surface area contributed by atoms with Crippen LogP contribution in [0, 0.1) is 12.7 Å². The van der Waals surface area contributed by atoms with Gasteiger partial charge in [0.1, 0.15) is 24.3 Å². The minimum Gasteiger partial charge on any atom is -0.491 e. The predicted octanol–water partition coefficient (Wildman–Crippen LogP) is 1.41. The maximum Gasteiger partial charge on any atom is 0.216 e. The maximum atomic E-state index is 13.0. The van der Waals surface area contributed by atoms with Gasteiger partial charge in [0, 0.05) is 26.2 Å². The summed E-state index contributed by atoms with van der Waals surface area (Å²) < 4.78 is 25.4. The van der Waals surface area contributed by atoms with Crippen molar-refractivity contribution in [1.82, 2.24) is 15.1 Å². The van der Waals surface area contributed by atoms with Crippen molar-refractivity contribution < 1.29 is 19.0 Å². The monoisotopic (exact) mass is 323 g/mol. The number of benzene rings is 1. The Balaban J connectivity index is 1.78. The summed E-state index contributed by atoms with van der Waals surface area (Å²) in [6.45, 7) is 2.86. The summed E-state index contributed by atoms with van der Waals surface area (Å²) in [6, 6.07) is 5.83. The number of aryl methyl sites for hydroxylation is 2. The molecule has 1 heterocycles. The highest BCUT2D eigenvalue weighted by Crippen LogP contribution is 2.20. The number of methoxy groups -OCH3 is 1. The topological polar surface area (TPSA) is 68.5 Å². The van der Waals surface area contributed by atoms with Crippen LogP contribution in [0.25, 0.3) is 0 Å². The second-order valence-corrected chi connectivity index (χ2v) is 5.25. The Hall–Kier alpha value is -2.12. The molecule has 23 heavy (non-hydrogen) atoms. The number of halogens is 1. The minimum atomic E-state index is -0.707. The maximum absolute atomic E-state index is 13.0. The zero-order chi connectivity index (χ0) is 16.8. The fraction of sp³-hybridized carbons (Fsp3) is 0.438. The molecule has 0 radical (unpaired) electrons. The standard InChI is InChI=1S/C16H22FN3O3/c1-11-15(16(22-3)20(2)19-11)9-18-8-13(21)10-23-14-6-4-5-12(17)7-14/h4-7,13,18,21H,8-10H2,1-3H3. The highest BCUT2D eigenvalue weighted by molar-refractivity contribution is 5.30. The molecule has 0 bridgehead atoms. The van der Waals surface area contributed by atoms with Gasteiger partial charge in [-0.1, -0.05) is 6.07 Å². The molecule has 0 aliphatic heterocycles. The van der Waals surface area contributed by atoms with Crippen LogP contribution in [-0.2, 0) is 13.6 Å². The van der Waals surface area contributed by atoms with Gasteiger partial charge in [-0.05, 0) is 19.1 Å². The van der Waals surface area contributed by atoms with Crippen molar-refractivity contribution in [3.63, 3.8) is 0 Å². The van der Waals surface area contributed by atoms with Gasteiger partial charge in [-0.2, -0.15) is 5.10 Å². The van der Waals surface area contributed by atoms with E-state index in [1.807, 2.05) is 14.0 Å². The van der Waals surface area contributed by atoms with Crippen LogP contribution in [0.15, 0.2) is 24.3 Å². The number of nitrogens with one attached hydrogen (secondary N) is 1. The number of aromatic nitrogens is 2. The van der Waals surface area contributed by atoms with Crippen molar-refractivity contribution in [2.24, 2.45) is 7.05 Å². The van der Waals surface area contributed by atoms with Crippen LogP contribution in [0.5, 0.6) is 11.6 Å². The molecule has 0 spiro atoms. The highest BCUT2D eigenvalue weighted by atomic mass is 19.1. The van der Waals surface area contributed by atoms with Gasteiger partial charge in [0.25, 0.3) is 0 Å². The zero-order valence-corrected chi connectivity index (χ0v) is 13.5. The first-order chi connectivity index (χ1) is 11.0. The largest absolute Gasteiger partial charge is 0.491 e. The van der Waals surface area contributed by atoms with Crippen LogP contribution in [-0.4, -0.2) is 41.3 Å². The van der Waals surface area contributed by atoms with Crippen molar-refractivity contribution in [3.8, 4) is 11.6 Å². The lowest BCUT2D eigenvalue weighted by Gasteiger charge is -2.13. The molecule has 0 saturated carbocycles. The summed E-state index contributed by atoms with van der Waals surface area (Å²) in [4.78, 5) is 0. The van der Waals surface area contributed by atoms with E-state index in [9.17, 15) is 9.50 Å². The van der Waals surface area contributed by atoms with E-state index in [4.69, 9.17) is 9.47 Å². The van der Waals surface area contributed by atoms with Crippen LogP contribution in [0.4, 0.5) is 4.39 Å². The molecule has 2 aromatic rings. The Labute approximate surface area is 134 Å². The van der Waals surface area contributed by atoms with E-state index in [0.717, 1.165) is 11.3 Å². The van der Waals surface area contributed by atoms with E-state index >= 15 is 0 Å². The molecule has 0 amide bonds. The van der Waals surface area contributed by atoms with Gasteiger partial charge in [-0.25, -0.2) is 9.07 Å². The van der Waals surface area contributed by atoms with Crippen LogP contribution >= 0.6 is 0 Å². The molecule has 2 rings (SSSR count). The normalized spacial score (nSPS) is 12.2. The average molecular weight is 323 g/mol. The van der Waals surface area contributed by atoms with Gasteiger partial charge in [-0.3, -0.25) is 0 Å². The number of hydrogen-bond acceptors (Lipinski definition) is 5. The second kappa shape index (κ2) is 7.94. The summed E-state index contributed by atoms with van der Waals surface area (Å²) in [5.74, 6) is 0.726. The average Bonchev–Trinajstić information content (AvgIpc) is 2.79. The Morgan fingerprint density at radius 2 is 2.22 bits per heavy atom. The SMILES string of the molecule is COc1c(CNCC(O)COc2cccc(F)c2)c(C)nn1C. The quantitative estimate of drug-likeness (QED) is 0.769. The molecule has 126 valence electrons. The molecule has 6 nitrogen and oxygen atoms in total. The fourth-order valence-electron chi connectivity index (χ4n) is 2.31. The van der Waals surface area contributed by atoms with E-state index < -0.39 is 6.10 Å². The van der Waals surface area contributed by atoms with E-state index in [1.165, 1.54) is 12.1 Å². The van der Waals surface area contributed by atoms with E-state index in [-0.39, 0.29) is 12.4 Å². The Bertz CT molecular complexity index is 645. The lowest BCUT2D eigenvalue weighted by atomic mass is 10.2. The lowest BCUT2D eigenvalue weighted by molar-refractivity contribution is 0.106. The van der Waals surface area contributed by atoms with Crippen molar-refractivity contribution in [1.29, 1.82) is 0 Å². The molecule has 1 aromatic heterocycles. The second-order valence-electron chi connectivity index (χ2n) is 5.25. The summed E-state index contributed by atoms with van der Waals surface area (Å²) in [5, 5.41) is 17.4. The van der Waals surface area contributed by atoms with Crippen LogP contribution in [0.1, 0.15) is 11.3 Å². The van der Waals surface area contributed by atoms with Crippen molar-refractivity contribution >= 4 is 0 Å². The van der Waals surface area contributed by atoms with E-state index in [0.29, 0.717) is 24.7 Å².